The molecule has 2 unspecified atom stereocenters. The summed E-state index contributed by atoms with van der Waals surface area (Å²) in [7, 11) is 1.96. The molecule has 5 heteroatoms. The summed E-state index contributed by atoms with van der Waals surface area (Å²) in [5.41, 5.74) is 1.13. The number of halogens is 1. The zero-order chi connectivity index (χ0) is 14.9. The van der Waals surface area contributed by atoms with Gasteiger partial charge in [0.2, 0.25) is 0 Å². The van der Waals surface area contributed by atoms with Crippen LogP contribution in [0.25, 0.3) is 0 Å². The molecule has 0 bridgehead atoms. The van der Waals surface area contributed by atoms with E-state index in [0.29, 0.717) is 18.2 Å². The minimum atomic E-state index is -0.463. The number of ether oxygens (including phenoxy) is 3. The molecule has 1 saturated carbocycles. The van der Waals surface area contributed by atoms with Gasteiger partial charge in [-0.05, 0) is 38.1 Å². The largest absolute Gasteiger partial charge is 0.487 e. The number of hydrogen-bond donors (Lipinski definition) is 1. The van der Waals surface area contributed by atoms with Crippen molar-refractivity contribution in [3.63, 3.8) is 0 Å². The van der Waals surface area contributed by atoms with Crippen molar-refractivity contribution in [2.75, 3.05) is 20.3 Å². The van der Waals surface area contributed by atoms with Crippen molar-refractivity contribution in [3.8, 4) is 5.75 Å². The highest BCUT2D eigenvalue weighted by atomic mass is 35.5. The molecule has 1 heterocycles. The molecule has 2 aliphatic rings. The molecule has 3 rings (SSSR count). The van der Waals surface area contributed by atoms with Crippen molar-refractivity contribution in [2.45, 2.75) is 44.1 Å². The Hall–Kier alpha value is -0.810. The molecule has 21 heavy (non-hydrogen) atoms. The summed E-state index contributed by atoms with van der Waals surface area (Å²) in [6.45, 7) is 3.35. The minimum absolute atomic E-state index is 0.0120. The van der Waals surface area contributed by atoms with Gasteiger partial charge in [-0.3, -0.25) is 0 Å². The van der Waals surface area contributed by atoms with E-state index < -0.39 is 5.79 Å². The van der Waals surface area contributed by atoms with Gasteiger partial charge in [-0.2, -0.15) is 0 Å². The molecule has 0 aromatic heterocycles. The zero-order valence-electron chi connectivity index (χ0n) is 12.5. The van der Waals surface area contributed by atoms with Gasteiger partial charge in [0.15, 0.2) is 5.79 Å². The number of hydrogen-bond acceptors (Lipinski definition) is 4. The van der Waals surface area contributed by atoms with E-state index in [0.717, 1.165) is 30.6 Å². The predicted octanol–water partition coefficient (Wildman–Crippen LogP) is 2.91. The summed E-state index contributed by atoms with van der Waals surface area (Å²) in [6, 6.07) is 6.14. The first-order valence-corrected chi connectivity index (χ1v) is 7.88. The zero-order valence-corrected chi connectivity index (χ0v) is 13.3. The molecule has 1 N–H and O–H groups in total. The van der Waals surface area contributed by atoms with Crippen LogP contribution in [0.3, 0.4) is 0 Å². The van der Waals surface area contributed by atoms with Crippen molar-refractivity contribution in [1.82, 2.24) is 5.32 Å². The van der Waals surface area contributed by atoms with E-state index in [2.05, 4.69) is 5.32 Å². The van der Waals surface area contributed by atoms with Crippen LogP contribution >= 0.6 is 11.6 Å². The molecule has 4 nitrogen and oxygen atoms in total. The third-order valence-corrected chi connectivity index (χ3v) is 4.64. The molecular weight excluding hydrogens is 290 g/mol. The van der Waals surface area contributed by atoms with E-state index in [4.69, 9.17) is 25.8 Å². The van der Waals surface area contributed by atoms with Crippen LogP contribution in [0.15, 0.2) is 18.2 Å². The van der Waals surface area contributed by atoms with Crippen LogP contribution < -0.4 is 10.1 Å². The van der Waals surface area contributed by atoms with Gasteiger partial charge in [-0.25, -0.2) is 0 Å². The van der Waals surface area contributed by atoms with Crippen LogP contribution in [0.5, 0.6) is 5.75 Å². The van der Waals surface area contributed by atoms with Crippen LogP contribution in [0, 0.1) is 6.92 Å². The van der Waals surface area contributed by atoms with E-state index in [-0.39, 0.29) is 12.1 Å². The molecule has 1 aromatic rings. The van der Waals surface area contributed by atoms with E-state index in [1.54, 1.807) is 0 Å². The lowest BCUT2D eigenvalue weighted by atomic mass is 9.87. The molecule has 1 aliphatic carbocycles. The Labute approximate surface area is 130 Å². The Morgan fingerprint density at radius 1 is 1.33 bits per heavy atom. The standard InChI is InChI=1S/C16H22ClNO3/c1-11-3-4-14(12(17)9-11)21-15-10-16(19-7-8-20-16)6-5-13(15)18-2/h3-4,9,13,15,18H,5-8,10H2,1-2H3. The maximum atomic E-state index is 6.28. The molecule has 1 spiro atoms. The number of aryl methyl sites for hydroxylation is 1. The van der Waals surface area contributed by atoms with Gasteiger partial charge in [0.1, 0.15) is 11.9 Å². The first kappa shape index (κ1) is 15.1. The van der Waals surface area contributed by atoms with Crippen LogP contribution in [-0.4, -0.2) is 38.2 Å². The summed E-state index contributed by atoms with van der Waals surface area (Å²) in [5, 5.41) is 3.98. The lowest BCUT2D eigenvalue weighted by molar-refractivity contribution is -0.196. The number of likely N-dealkylation sites (N-methyl/N-ethyl adjacent to an activating group) is 1. The van der Waals surface area contributed by atoms with Crippen LogP contribution in [0.2, 0.25) is 5.02 Å². The summed E-state index contributed by atoms with van der Waals surface area (Å²) in [6.07, 6.45) is 2.58. The molecule has 2 atom stereocenters. The number of benzene rings is 1. The molecule has 2 fully saturated rings. The highest BCUT2D eigenvalue weighted by Crippen LogP contribution is 2.38. The maximum Gasteiger partial charge on any atom is 0.172 e. The molecule has 1 saturated heterocycles. The minimum Gasteiger partial charge on any atom is -0.487 e. The van der Waals surface area contributed by atoms with Crippen molar-refractivity contribution >= 4 is 11.6 Å². The first-order valence-electron chi connectivity index (χ1n) is 7.50. The maximum absolute atomic E-state index is 6.28. The average molecular weight is 312 g/mol. The van der Waals surface area contributed by atoms with E-state index in [1.807, 2.05) is 32.2 Å². The highest BCUT2D eigenvalue weighted by Gasteiger charge is 2.46. The van der Waals surface area contributed by atoms with Crippen molar-refractivity contribution < 1.29 is 14.2 Å². The third-order valence-electron chi connectivity index (χ3n) is 4.35. The van der Waals surface area contributed by atoms with Crippen LogP contribution in [0.1, 0.15) is 24.8 Å². The Kier molecular flexibility index (Phi) is 4.41. The van der Waals surface area contributed by atoms with Gasteiger partial charge in [0.25, 0.3) is 0 Å². The van der Waals surface area contributed by atoms with Gasteiger partial charge in [-0.15, -0.1) is 0 Å². The smallest absolute Gasteiger partial charge is 0.172 e. The summed E-state index contributed by atoms with van der Waals surface area (Å²) >= 11 is 6.28. The number of rotatable bonds is 3. The van der Waals surface area contributed by atoms with Gasteiger partial charge >= 0.3 is 0 Å². The van der Waals surface area contributed by atoms with E-state index >= 15 is 0 Å². The highest BCUT2D eigenvalue weighted by molar-refractivity contribution is 6.32. The molecule has 1 aromatic carbocycles. The second kappa shape index (κ2) is 6.13. The monoisotopic (exact) mass is 311 g/mol. The Bertz CT molecular complexity index is 502. The Morgan fingerprint density at radius 3 is 2.76 bits per heavy atom. The summed E-state index contributed by atoms with van der Waals surface area (Å²) in [4.78, 5) is 0. The van der Waals surface area contributed by atoms with Gasteiger partial charge in [0, 0.05) is 18.9 Å². The number of nitrogens with one attached hydrogen (secondary N) is 1. The first-order chi connectivity index (χ1) is 10.1. The Morgan fingerprint density at radius 2 is 2.10 bits per heavy atom. The van der Waals surface area contributed by atoms with Gasteiger partial charge in [-0.1, -0.05) is 17.7 Å². The lowest BCUT2D eigenvalue weighted by Gasteiger charge is -2.40. The second-order valence-electron chi connectivity index (χ2n) is 5.84. The van der Waals surface area contributed by atoms with Gasteiger partial charge < -0.3 is 19.5 Å². The van der Waals surface area contributed by atoms with Crippen LogP contribution in [-0.2, 0) is 9.47 Å². The summed E-state index contributed by atoms with van der Waals surface area (Å²) in [5.74, 6) is 0.261. The Balaban J connectivity index is 1.76. The molecule has 0 radical (unpaired) electrons. The van der Waals surface area contributed by atoms with Crippen molar-refractivity contribution in [3.05, 3.63) is 28.8 Å². The van der Waals surface area contributed by atoms with E-state index in [9.17, 15) is 0 Å². The fourth-order valence-electron chi connectivity index (χ4n) is 3.19. The molecule has 116 valence electrons. The van der Waals surface area contributed by atoms with Gasteiger partial charge in [0.05, 0.1) is 18.2 Å². The van der Waals surface area contributed by atoms with Crippen molar-refractivity contribution in [2.24, 2.45) is 0 Å². The fourth-order valence-corrected chi connectivity index (χ4v) is 3.47. The SMILES string of the molecule is CNC1CCC2(CC1Oc1ccc(C)cc1Cl)OCCO2. The lowest BCUT2D eigenvalue weighted by Crippen LogP contribution is -2.52. The third kappa shape index (κ3) is 3.19. The molecule has 1 aliphatic heterocycles. The summed E-state index contributed by atoms with van der Waals surface area (Å²) < 4.78 is 17.8. The van der Waals surface area contributed by atoms with Crippen LogP contribution in [0.4, 0.5) is 0 Å². The topological polar surface area (TPSA) is 39.7 Å². The average Bonchev–Trinajstić information content (AvgIpc) is 2.90. The van der Waals surface area contributed by atoms with Crippen molar-refractivity contribution in [1.29, 1.82) is 0 Å². The fraction of sp³-hybridized carbons (Fsp3) is 0.625. The predicted molar refractivity (Wildman–Crippen MR) is 81.9 cm³/mol. The van der Waals surface area contributed by atoms with E-state index in [1.165, 1.54) is 0 Å². The second-order valence-corrected chi connectivity index (χ2v) is 6.24. The molecular formula is C16H22ClNO3. The quantitative estimate of drug-likeness (QED) is 0.931. The normalized spacial score (nSPS) is 28.0. The molecule has 0 amide bonds.